The summed E-state index contributed by atoms with van der Waals surface area (Å²) in [5, 5.41) is 23.5. The standard InChI is InChI=1S/C29H27Cl2N9O2/c1-16(26-20(30)13-34-14-21(26)31)42-24-9-19-22(10-23(24)41-3)37-38-27(19)18-8-17(11-32)28(35-12-18)40-7-5-29(33,15-40)25-4-6-36-39(25)2/h4,6,8-10,12-14,16H,5,7,15,33H2,1-3H3,(H,37,38)/t16-,29-/m1/s1. The molecule has 3 N–H and O–H groups in total. The minimum Gasteiger partial charge on any atom is -0.493 e. The lowest BCUT2D eigenvalue weighted by Crippen LogP contribution is -2.41. The Kier molecular flexibility index (Phi) is 7.14. The second-order valence-electron chi connectivity index (χ2n) is 10.3. The van der Waals surface area contributed by atoms with Crippen LogP contribution in [0.3, 0.4) is 0 Å². The topological polar surface area (TPSA) is 144 Å². The number of anilines is 1. The maximum atomic E-state index is 10.1. The van der Waals surface area contributed by atoms with Crippen LogP contribution in [0.5, 0.6) is 11.5 Å². The van der Waals surface area contributed by atoms with E-state index in [-0.39, 0.29) is 0 Å². The Bertz CT molecular complexity index is 1830. The van der Waals surface area contributed by atoms with Crippen molar-refractivity contribution in [2.24, 2.45) is 12.8 Å². The van der Waals surface area contributed by atoms with E-state index in [9.17, 15) is 5.26 Å². The molecule has 2 atom stereocenters. The summed E-state index contributed by atoms with van der Waals surface area (Å²) < 4.78 is 13.7. The minimum atomic E-state index is -0.589. The van der Waals surface area contributed by atoms with Crippen LogP contribution in [0.25, 0.3) is 22.2 Å². The van der Waals surface area contributed by atoms with E-state index in [1.54, 1.807) is 36.3 Å². The van der Waals surface area contributed by atoms with Crippen molar-refractivity contribution in [2.75, 3.05) is 25.1 Å². The van der Waals surface area contributed by atoms with Gasteiger partial charge >= 0.3 is 0 Å². The Morgan fingerprint density at radius 3 is 2.64 bits per heavy atom. The molecule has 11 nitrogen and oxygen atoms in total. The van der Waals surface area contributed by atoms with Crippen molar-refractivity contribution in [3.63, 3.8) is 0 Å². The second kappa shape index (κ2) is 10.8. The molecule has 0 saturated carbocycles. The molecule has 0 bridgehead atoms. The number of benzene rings is 1. The molecule has 42 heavy (non-hydrogen) atoms. The van der Waals surface area contributed by atoms with Crippen LogP contribution < -0.4 is 20.1 Å². The van der Waals surface area contributed by atoms with E-state index in [0.717, 1.165) is 16.6 Å². The lowest BCUT2D eigenvalue weighted by atomic mass is 9.95. The third-order valence-electron chi connectivity index (χ3n) is 7.64. The number of nitriles is 1. The molecular formula is C29H27Cl2N9O2. The zero-order valence-electron chi connectivity index (χ0n) is 23.1. The number of ether oxygens (including phenoxy) is 2. The smallest absolute Gasteiger partial charge is 0.162 e. The van der Waals surface area contributed by atoms with Crippen molar-refractivity contribution in [3.05, 3.63) is 75.9 Å². The Hall–Kier alpha value is -4.37. The number of fused-ring (bicyclic) bond motifs is 1. The van der Waals surface area contributed by atoms with Crippen molar-refractivity contribution in [3.8, 4) is 28.8 Å². The van der Waals surface area contributed by atoms with E-state index in [0.29, 0.717) is 69.3 Å². The number of nitrogens with zero attached hydrogens (tertiary/aromatic N) is 7. The fourth-order valence-corrected chi connectivity index (χ4v) is 6.23. The van der Waals surface area contributed by atoms with Gasteiger partial charge in [0.25, 0.3) is 0 Å². The van der Waals surface area contributed by atoms with Gasteiger partial charge in [-0.15, -0.1) is 0 Å². The molecule has 5 aromatic rings. The summed E-state index contributed by atoms with van der Waals surface area (Å²) in [6.07, 6.45) is 6.72. The third kappa shape index (κ3) is 4.77. The summed E-state index contributed by atoms with van der Waals surface area (Å²) >= 11 is 12.7. The van der Waals surface area contributed by atoms with Crippen LogP contribution >= 0.6 is 23.2 Å². The molecule has 0 amide bonds. The van der Waals surface area contributed by atoms with E-state index in [1.807, 2.05) is 31.0 Å². The van der Waals surface area contributed by atoms with E-state index >= 15 is 0 Å². The number of pyridine rings is 2. The number of H-pyrrole nitrogens is 1. The van der Waals surface area contributed by atoms with Gasteiger partial charge in [0.05, 0.1) is 39.5 Å². The number of methoxy groups -OCH3 is 1. The first kappa shape index (κ1) is 27.8. The molecule has 0 unspecified atom stereocenters. The van der Waals surface area contributed by atoms with Gasteiger partial charge < -0.3 is 20.1 Å². The van der Waals surface area contributed by atoms with E-state index in [2.05, 4.69) is 26.3 Å². The monoisotopic (exact) mass is 603 g/mol. The number of nitrogens with one attached hydrogen (secondary N) is 1. The molecule has 0 radical (unpaired) electrons. The highest BCUT2D eigenvalue weighted by atomic mass is 35.5. The third-order valence-corrected chi connectivity index (χ3v) is 8.24. The summed E-state index contributed by atoms with van der Waals surface area (Å²) in [4.78, 5) is 10.8. The molecule has 1 aromatic carbocycles. The number of aromatic amines is 1. The molecule has 1 saturated heterocycles. The van der Waals surface area contributed by atoms with E-state index in [1.165, 1.54) is 12.4 Å². The van der Waals surface area contributed by atoms with Gasteiger partial charge in [-0.1, -0.05) is 23.2 Å². The van der Waals surface area contributed by atoms with Crippen LogP contribution in [0, 0.1) is 11.3 Å². The van der Waals surface area contributed by atoms with Gasteiger partial charge in [0.2, 0.25) is 0 Å². The molecule has 0 aliphatic carbocycles. The second-order valence-corrected chi connectivity index (χ2v) is 11.1. The number of rotatable bonds is 7. The number of halogens is 2. The van der Waals surface area contributed by atoms with Crippen molar-refractivity contribution < 1.29 is 9.47 Å². The van der Waals surface area contributed by atoms with Crippen LogP contribution in [0.2, 0.25) is 10.0 Å². The molecule has 214 valence electrons. The van der Waals surface area contributed by atoms with Crippen LogP contribution in [0.1, 0.15) is 36.3 Å². The molecule has 0 spiro atoms. The Balaban J connectivity index is 1.33. The molecule has 1 fully saturated rings. The predicted octanol–water partition coefficient (Wildman–Crippen LogP) is 5.14. The van der Waals surface area contributed by atoms with Crippen molar-refractivity contribution in [1.29, 1.82) is 5.26 Å². The van der Waals surface area contributed by atoms with Gasteiger partial charge in [-0.25, -0.2) is 4.98 Å². The summed E-state index contributed by atoms with van der Waals surface area (Å²) in [5.41, 5.74) is 10.2. The van der Waals surface area contributed by atoms with Crippen LogP contribution in [-0.2, 0) is 12.6 Å². The summed E-state index contributed by atoms with van der Waals surface area (Å²) in [6.45, 7) is 3.03. The van der Waals surface area contributed by atoms with Gasteiger partial charge in [0.1, 0.15) is 23.7 Å². The Morgan fingerprint density at radius 2 is 1.95 bits per heavy atom. The van der Waals surface area contributed by atoms with Gasteiger partial charge in [-0.3, -0.25) is 14.8 Å². The van der Waals surface area contributed by atoms with Gasteiger partial charge in [-0.2, -0.15) is 15.5 Å². The van der Waals surface area contributed by atoms with Crippen LogP contribution in [-0.4, -0.2) is 50.1 Å². The maximum Gasteiger partial charge on any atom is 0.162 e. The highest BCUT2D eigenvalue weighted by Crippen LogP contribution is 2.40. The molecule has 1 aliphatic heterocycles. The molecule has 4 aromatic heterocycles. The van der Waals surface area contributed by atoms with Crippen molar-refractivity contribution in [2.45, 2.75) is 25.0 Å². The average molecular weight is 605 g/mol. The summed E-state index contributed by atoms with van der Waals surface area (Å²) in [7, 11) is 3.44. The summed E-state index contributed by atoms with van der Waals surface area (Å²) in [5.74, 6) is 1.56. The fourth-order valence-electron chi connectivity index (χ4n) is 5.56. The largest absolute Gasteiger partial charge is 0.493 e. The van der Waals surface area contributed by atoms with Gasteiger partial charge in [0.15, 0.2) is 11.5 Å². The maximum absolute atomic E-state index is 10.1. The number of hydrogen-bond donors (Lipinski definition) is 2. The first-order chi connectivity index (χ1) is 20.2. The fraction of sp³-hybridized carbons (Fsp3) is 0.276. The summed E-state index contributed by atoms with van der Waals surface area (Å²) in [6, 6.07) is 9.67. The van der Waals surface area contributed by atoms with Crippen molar-refractivity contribution >= 4 is 39.9 Å². The first-order valence-electron chi connectivity index (χ1n) is 13.2. The molecule has 6 rings (SSSR count). The molecule has 1 aliphatic rings. The quantitative estimate of drug-likeness (QED) is 0.258. The van der Waals surface area contributed by atoms with Gasteiger partial charge in [-0.05, 0) is 31.5 Å². The zero-order chi connectivity index (χ0) is 29.6. The Morgan fingerprint density at radius 1 is 1.17 bits per heavy atom. The molecule has 5 heterocycles. The van der Waals surface area contributed by atoms with Crippen LogP contribution in [0.4, 0.5) is 5.82 Å². The highest BCUT2D eigenvalue weighted by Gasteiger charge is 2.39. The predicted molar refractivity (Wildman–Crippen MR) is 160 cm³/mol. The lowest BCUT2D eigenvalue weighted by Gasteiger charge is -2.25. The average Bonchev–Trinajstić information content (AvgIpc) is 3.70. The minimum absolute atomic E-state index is 0.402. The first-order valence-corrected chi connectivity index (χ1v) is 13.9. The van der Waals surface area contributed by atoms with Crippen LogP contribution in [0.15, 0.2) is 49.1 Å². The zero-order valence-corrected chi connectivity index (χ0v) is 24.6. The Labute approximate surface area is 251 Å². The number of aromatic nitrogens is 6. The van der Waals surface area contributed by atoms with Crippen molar-refractivity contribution in [1.82, 2.24) is 29.9 Å². The number of aryl methyl sites for hydroxylation is 1. The SMILES string of the molecule is COc1cc2[nH]nc(-c3cnc(N4CC[C@](N)(c5ccnn5C)C4)c(C#N)c3)c2cc1O[C@H](C)c1c(Cl)cncc1Cl. The normalized spacial score (nSPS) is 17.4. The van der Waals surface area contributed by atoms with Gasteiger partial charge in [0, 0.05) is 67.5 Å². The highest BCUT2D eigenvalue weighted by molar-refractivity contribution is 6.35. The number of hydrogen-bond acceptors (Lipinski definition) is 9. The number of nitrogens with two attached hydrogens (primary N) is 1. The molecule has 13 heteroatoms. The van der Waals surface area contributed by atoms with E-state index in [4.69, 9.17) is 43.4 Å². The lowest BCUT2D eigenvalue weighted by molar-refractivity contribution is 0.216. The van der Waals surface area contributed by atoms with E-state index < -0.39 is 11.6 Å². The molecular weight excluding hydrogens is 577 g/mol.